The minimum atomic E-state index is -0.133. The van der Waals surface area contributed by atoms with E-state index < -0.39 is 0 Å². The van der Waals surface area contributed by atoms with Crippen LogP contribution >= 0.6 is 0 Å². The van der Waals surface area contributed by atoms with E-state index in [2.05, 4.69) is 5.32 Å². The third-order valence-corrected chi connectivity index (χ3v) is 3.81. The van der Waals surface area contributed by atoms with Gasteiger partial charge in [-0.05, 0) is 30.5 Å². The molecule has 2 rings (SSSR count). The standard InChI is InChI=1S/C15H23N3O2/c16-11-12-5-7-13(8-6-12)17-15(20)18(9-10-19)14-3-1-2-4-14/h5-8,14,19H,1-4,9-11,16H2,(H,17,20). The van der Waals surface area contributed by atoms with Gasteiger partial charge < -0.3 is 21.1 Å². The van der Waals surface area contributed by atoms with E-state index in [1.807, 2.05) is 24.3 Å². The molecule has 0 spiro atoms. The summed E-state index contributed by atoms with van der Waals surface area (Å²) in [4.78, 5) is 14.1. The van der Waals surface area contributed by atoms with Crippen molar-refractivity contribution in [2.75, 3.05) is 18.5 Å². The van der Waals surface area contributed by atoms with Crippen LogP contribution in [-0.2, 0) is 6.54 Å². The minimum Gasteiger partial charge on any atom is -0.395 e. The van der Waals surface area contributed by atoms with E-state index in [0.29, 0.717) is 13.1 Å². The summed E-state index contributed by atoms with van der Waals surface area (Å²) < 4.78 is 0. The Kier molecular flexibility index (Phi) is 5.38. The van der Waals surface area contributed by atoms with Crippen molar-refractivity contribution in [2.24, 2.45) is 5.73 Å². The summed E-state index contributed by atoms with van der Waals surface area (Å²) in [6, 6.07) is 7.64. The zero-order chi connectivity index (χ0) is 14.4. The van der Waals surface area contributed by atoms with E-state index >= 15 is 0 Å². The van der Waals surface area contributed by atoms with E-state index in [4.69, 9.17) is 10.8 Å². The van der Waals surface area contributed by atoms with Crippen LogP contribution < -0.4 is 11.1 Å². The van der Waals surface area contributed by atoms with Crippen LogP contribution in [0, 0.1) is 0 Å². The minimum absolute atomic E-state index is 0.00394. The van der Waals surface area contributed by atoms with Gasteiger partial charge in [0.1, 0.15) is 0 Å². The summed E-state index contributed by atoms with van der Waals surface area (Å²) in [6.07, 6.45) is 4.37. The van der Waals surface area contributed by atoms with Crippen molar-refractivity contribution in [3.05, 3.63) is 29.8 Å². The molecule has 1 fully saturated rings. The first-order chi connectivity index (χ1) is 9.74. The van der Waals surface area contributed by atoms with E-state index in [1.54, 1.807) is 4.90 Å². The van der Waals surface area contributed by atoms with Crippen LogP contribution in [0.25, 0.3) is 0 Å². The van der Waals surface area contributed by atoms with Gasteiger partial charge in [0.25, 0.3) is 0 Å². The van der Waals surface area contributed by atoms with Crippen LogP contribution in [0.15, 0.2) is 24.3 Å². The fourth-order valence-electron chi connectivity index (χ4n) is 2.69. The summed E-state index contributed by atoms with van der Waals surface area (Å²) in [5.41, 5.74) is 7.34. The number of anilines is 1. The number of rotatable bonds is 5. The molecule has 0 atom stereocenters. The Morgan fingerprint density at radius 3 is 2.50 bits per heavy atom. The summed E-state index contributed by atoms with van der Waals surface area (Å²) in [5.74, 6) is 0. The molecule has 1 saturated carbocycles. The molecule has 0 radical (unpaired) electrons. The second-order valence-corrected chi connectivity index (χ2v) is 5.19. The monoisotopic (exact) mass is 277 g/mol. The zero-order valence-electron chi connectivity index (χ0n) is 11.7. The number of nitrogens with zero attached hydrogens (tertiary/aromatic N) is 1. The van der Waals surface area contributed by atoms with E-state index in [1.165, 1.54) is 0 Å². The van der Waals surface area contributed by atoms with Crippen molar-refractivity contribution in [1.29, 1.82) is 0 Å². The predicted molar refractivity (Wildman–Crippen MR) is 79.4 cm³/mol. The summed E-state index contributed by atoms with van der Waals surface area (Å²) in [5, 5.41) is 12.0. The number of benzene rings is 1. The molecule has 1 aromatic rings. The van der Waals surface area contributed by atoms with Crippen LogP contribution in [0.1, 0.15) is 31.2 Å². The normalized spacial score (nSPS) is 15.3. The van der Waals surface area contributed by atoms with Crippen LogP contribution in [0.3, 0.4) is 0 Å². The van der Waals surface area contributed by atoms with E-state index in [-0.39, 0.29) is 18.7 Å². The number of carbonyl (C=O) groups excluding carboxylic acids is 1. The lowest BCUT2D eigenvalue weighted by molar-refractivity contribution is 0.163. The second kappa shape index (κ2) is 7.26. The molecule has 5 nitrogen and oxygen atoms in total. The van der Waals surface area contributed by atoms with Crippen molar-refractivity contribution in [3.63, 3.8) is 0 Å². The van der Waals surface area contributed by atoms with Gasteiger partial charge in [0.05, 0.1) is 6.61 Å². The van der Waals surface area contributed by atoms with Gasteiger partial charge >= 0.3 is 6.03 Å². The van der Waals surface area contributed by atoms with Gasteiger partial charge in [-0.15, -0.1) is 0 Å². The highest BCUT2D eigenvalue weighted by molar-refractivity contribution is 5.89. The largest absolute Gasteiger partial charge is 0.395 e. The van der Waals surface area contributed by atoms with Gasteiger partial charge in [-0.2, -0.15) is 0 Å². The third-order valence-electron chi connectivity index (χ3n) is 3.81. The van der Waals surface area contributed by atoms with Crippen LogP contribution in [0.5, 0.6) is 0 Å². The molecule has 0 heterocycles. The number of carbonyl (C=O) groups is 1. The molecule has 0 unspecified atom stereocenters. The molecule has 0 aromatic heterocycles. The molecule has 1 aliphatic carbocycles. The highest BCUT2D eigenvalue weighted by Gasteiger charge is 2.26. The average molecular weight is 277 g/mol. The molecule has 4 N–H and O–H groups in total. The first-order valence-corrected chi connectivity index (χ1v) is 7.22. The first kappa shape index (κ1) is 14.8. The number of urea groups is 1. The lowest BCUT2D eigenvalue weighted by Gasteiger charge is -2.28. The van der Waals surface area contributed by atoms with Crippen molar-refractivity contribution >= 4 is 11.7 Å². The number of hydrogen-bond donors (Lipinski definition) is 3. The number of nitrogens with one attached hydrogen (secondary N) is 1. The van der Waals surface area contributed by atoms with E-state index in [0.717, 1.165) is 36.9 Å². The van der Waals surface area contributed by atoms with Crippen molar-refractivity contribution in [3.8, 4) is 0 Å². The second-order valence-electron chi connectivity index (χ2n) is 5.19. The Bertz CT molecular complexity index is 427. The maximum absolute atomic E-state index is 12.3. The van der Waals surface area contributed by atoms with Crippen molar-refractivity contribution < 1.29 is 9.90 Å². The SMILES string of the molecule is NCc1ccc(NC(=O)N(CCO)C2CCCC2)cc1. The lowest BCUT2D eigenvalue weighted by atomic mass is 10.2. The molecule has 0 saturated heterocycles. The maximum atomic E-state index is 12.3. The molecule has 0 bridgehead atoms. The first-order valence-electron chi connectivity index (χ1n) is 7.22. The maximum Gasteiger partial charge on any atom is 0.322 e. The number of aliphatic hydroxyl groups is 1. The molecule has 1 aromatic carbocycles. The van der Waals surface area contributed by atoms with Gasteiger partial charge in [0, 0.05) is 24.8 Å². The molecule has 2 amide bonds. The smallest absolute Gasteiger partial charge is 0.322 e. The highest BCUT2D eigenvalue weighted by atomic mass is 16.3. The van der Waals surface area contributed by atoms with Crippen LogP contribution in [-0.4, -0.2) is 35.2 Å². The number of hydrogen-bond acceptors (Lipinski definition) is 3. The number of nitrogens with two attached hydrogens (primary N) is 1. The number of aliphatic hydroxyl groups excluding tert-OH is 1. The molecule has 20 heavy (non-hydrogen) atoms. The molecule has 5 heteroatoms. The molecule has 1 aliphatic rings. The predicted octanol–water partition coefficient (Wildman–Crippen LogP) is 1.91. The summed E-state index contributed by atoms with van der Waals surface area (Å²) in [7, 11) is 0. The van der Waals surface area contributed by atoms with Crippen molar-refractivity contribution in [2.45, 2.75) is 38.3 Å². The van der Waals surface area contributed by atoms with Gasteiger partial charge in [0.15, 0.2) is 0 Å². The van der Waals surface area contributed by atoms with Gasteiger partial charge in [-0.25, -0.2) is 4.79 Å². The Hall–Kier alpha value is -1.59. The average Bonchev–Trinajstić information content (AvgIpc) is 2.99. The molecular formula is C15H23N3O2. The topological polar surface area (TPSA) is 78.6 Å². The fraction of sp³-hybridized carbons (Fsp3) is 0.533. The Balaban J connectivity index is 1.99. The zero-order valence-corrected chi connectivity index (χ0v) is 11.7. The van der Waals surface area contributed by atoms with Gasteiger partial charge in [0.2, 0.25) is 0 Å². The Morgan fingerprint density at radius 1 is 1.30 bits per heavy atom. The molecule has 0 aliphatic heterocycles. The lowest BCUT2D eigenvalue weighted by Crippen LogP contribution is -2.43. The highest BCUT2D eigenvalue weighted by Crippen LogP contribution is 2.24. The number of amides is 2. The Labute approximate surface area is 119 Å². The summed E-state index contributed by atoms with van der Waals surface area (Å²) >= 11 is 0. The molecule has 110 valence electrons. The van der Waals surface area contributed by atoms with E-state index in [9.17, 15) is 4.79 Å². The Morgan fingerprint density at radius 2 is 1.95 bits per heavy atom. The fourth-order valence-corrected chi connectivity index (χ4v) is 2.69. The van der Waals surface area contributed by atoms with Gasteiger partial charge in [-0.1, -0.05) is 25.0 Å². The van der Waals surface area contributed by atoms with Crippen LogP contribution in [0.2, 0.25) is 0 Å². The summed E-state index contributed by atoms with van der Waals surface area (Å²) in [6.45, 7) is 0.875. The quantitative estimate of drug-likeness (QED) is 0.769. The van der Waals surface area contributed by atoms with Gasteiger partial charge in [-0.3, -0.25) is 0 Å². The third kappa shape index (κ3) is 3.71. The molecular weight excluding hydrogens is 254 g/mol. The van der Waals surface area contributed by atoms with Crippen molar-refractivity contribution in [1.82, 2.24) is 4.90 Å². The van der Waals surface area contributed by atoms with Crippen LogP contribution in [0.4, 0.5) is 10.5 Å².